The Labute approximate surface area is 140 Å². The standard InChI is InChI=1S/C14H15N3O4S2/c1-6(18)8-11(19)17-9(13(20)21)14(23-12(8)17)22-7-2-4-16-5-3-15-10(7)16/h3,5-8,12,18H,2,4H2,1H3,(H,20,21)/t6?,7?,8?,12-/m1/s1. The number of aliphatic hydroxyl groups is 1. The van der Waals surface area contributed by atoms with Crippen LogP contribution in [-0.4, -0.2) is 48.0 Å². The molecular weight excluding hydrogens is 338 g/mol. The Balaban J connectivity index is 1.61. The molecule has 3 aliphatic rings. The van der Waals surface area contributed by atoms with Gasteiger partial charge < -0.3 is 14.8 Å². The number of imidazole rings is 1. The molecule has 1 amide bonds. The summed E-state index contributed by atoms with van der Waals surface area (Å²) in [5.74, 6) is -0.988. The number of aryl methyl sites for hydroxylation is 1. The summed E-state index contributed by atoms with van der Waals surface area (Å²) in [7, 11) is 0. The molecule has 4 atom stereocenters. The highest BCUT2D eigenvalue weighted by molar-refractivity contribution is 8.22. The van der Waals surface area contributed by atoms with E-state index in [1.54, 1.807) is 13.1 Å². The van der Waals surface area contributed by atoms with Gasteiger partial charge in [0, 0.05) is 18.9 Å². The first-order valence-corrected chi connectivity index (χ1v) is 9.08. The van der Waals surface area contributed by atoms with Crippen LogP contribution in [0.25, 0.3) is 0 Å². The lowest BCUT2D eigenvalue weighted by Gasteiger charge is -2.43. The molecule has 0 radical (unpaired) electrons. The van der Waals surface area contributed by atoms with E-state index in [2.05, 4.69) is 9.55 Å². The van der Waals surface area contributed by atoms with Crippen LogP contribution in [0.15, 0.2) is 22.3 Å². The monoisotopic (exact) mass is 353 g/mol. The van der Waals surface area contributed by atoms with Gasteiger partial charge in [0.1, 0.15) is 11.2 Å². The summed E-state index contributed by atoms with van der Waals surface area (Å²) in [5, 5.41) is 19.0. The van der Waals surface area contributed by atoms with Crippen molar-refractivity contribution in [2.24, 2.45) is 5.92 Å². The molecule has 0 spiro atoms. The number of aromatic nitrogens is 2. The van der Waals surface area contributed by atoms with Crippen LogP contribution < -0.4 is 0 Å². The number of carbonyl (C=O) groups excluding carboxylic acids is 1. The zero-order valence-corrected chi connectivity index (χ0v) is 13.9. The van der Waals surface area contributed by atoms with Crippen molar-refractivity contribution in [2.45, 2.75) is 36.6 Å². The number of β-lactam (4-membered cyclic amide) rings is 1. The number of hydrogen-bond acceptors (Lipinski definition) is 6. The smallest absolute Gasteiger partial charge is 0.354 e. The first-order chi connectivity index (χ1) is 11.0. The van der Waals surface area contributed by atoms with E-state index in [9.17, 15) is 19.8 Å². The van der Waals surface area contributed by atoms with Gasteiger partial charge in [0.2, 0.25) is 5.91 Å². The highest BCUT2D eigenvalue weighted by atomic mass is 32.2. The summed E-state index contributed by atoms with van der Waals surface area (Å²) < 4.78 is 2.71. The van der Waals surface area contributed by atoms with Crippen LogP contribution in [0.2, 0.25) is 0 Å². The third kappa shape index (κ3) is 2.14. The third-order valence-electron chi connectivity index (χ3n) is 4.39. The lowest BCUT2D eigenvalue weighted by molar-refractivity contribution is -0.156. The summed E-state index contributed by atoms with van der Waals surface area (Å²) in [5.41, 5.74) is 0.0527. The van der Waals surface area contributed by atoms with Crippen LogP contribution in [0.5, 0.6) is 0 Å². The minimum Gasteiger partial charge on any atom is -0.477 e. The minimum atomic E-state index is -1.10. The molecule has 3 aliphatic heterocycles. The Bertz CT molecular complexity index is 729. The normalized spacial score (nSPS) is 30.3. The van der Waals surface area contributed by atoms with Gasteiger partial charge in [-0.1, -0.05) is 11.8 Å². The van der Waals surface area contributed by atoms with Gasteiger partial charge in [0.15, 0.2) is 5.70 Å². The molecule has 9 heteroatoms. The average Bonchev–Trinajstić information content (AvgIpc) is 3.13. The second-order valence-electron chi connectivity index (χ2n) is 5.80. The van der Waals surface area contributed by atoms with Gasteiger partial charge in [-0.25, -0.2) is 9.78 Å². The van der Waals surface area contributed by atoms with Gasteiger partial charge in [-0.3, -0.25) is 9.69 Å². The maximum Gasteiger partial charge on any atom is 0.354 e. The number of amides is 1. The molecule has 3 unspecified atom stereocenters. The van der Waals surface area contributed by atoms with E-state index in [1.165, 1.54) is 28.4 Å². The Morgan fingerprint density at radius 2 is 2.35 bits per heavy atom. The number of nitrogens with zero attached hydrogens (tertiary/aromatic N) is 3. The van der Waals surface area contributed by atoms with Crippen LogP contribution in [0.4, 0.5) is 0 Å². The molecule has 7 nitrogen and oxygen atoms in total. The Morgan fingerprint density at radius 3 is 3.04 bits per heavy atom. The SMILES string of the molecule is CC(O)C1C(=O)N2C(C(=O)O)=C(SC3CCn4ccnc43)S[C@H]12. The van der Waals surface area contributed by atoms with Crippen LogP contribution >= 0.6 is 23.5 Å². The lowest BCUT2D eigenvalue weighted by atomic mass is 9.92. The van der Waals surface area contributed by atoms with Gasteiger partial charge in [0.05, 0.1) is 21.5 Å². The molecular formula is C14H15N3O4S2. The van der Waals surface area contributed by atoms with Gasteiger partial charge >= 0.3 is 5.97 Å². The second kappa shape index (κ2) is 5.29. The third-order valence-corrected chi connectivity index (χ3v) is 7.25. The predicted molar refractivity (Wildman–Crippen MR) is 85.2 cm³/mol. The lowest BCUT2D eigenvalue weighted by Crippen LogP contribution is -2.60. The number of hydrogen-bond donors (Lipinski definition) is 2. The number of carbonyl (C=O) groups is 2. The summed E-state index contributed by atoms with van der Waals surface area (Å²) in [6.07, 6.45) is 3.78. The van der Waals surface area contributed by atoms with E-state index in [-0.39, 0.29) is 22.2 Å². The number of thioether (sulfide) groups is 2. The van der Waals surface area contributed by atoms with E-state index >= 15 is 0 Å². The van der Waals surface area contributed by atoms with Crippen molar-refractivity contribution < 1.29 is 19.8 Å². The predicted octanol–water partition coefficient (Wildman–Crippen LogP) is 1.23. The molecule has 4 rings (SSSR count). The quantitative estimate of drug-likeness (QED) is 0.786. The van der Waals surface area contributed by atoms with Crippen molar-refractivity contribution >= 4 is 35.4 Å². The van der Waals surface area contributed by atoms with Gasteiger partial charge in [-0.15, -0.1) is 11.8 Å². The maximum absolute atomic E-state index is 12.2. The van der Waals surface area contributed by atoms with E-state index in [0.29, 0.717) is 4.24 Å². The van der Waals surface area contributed by atoms with Gasteiger partial charge in [-0.2, -0.15) is 0 Å². The van der Waals surface area contributed by atoms with Gasteiger partial charge in [-0.05, 0) is 13.3 Å². The topological polar surface area (TPSA) is 95.7 Å². The highest BCUT2D eigenvalue weighted by Gasteiger charge is 2.58. The van der Waals surface area contributed by atoms with Crippen molar-refractivity contribution in [3.63, 3.8) is 0 Å². The molecule has 0 bridgehead atoms. The minimum absolute atomic E-state index is 0.0527. The largest absolute Gasteiger partial charge is 0.477 e. The fourth-order valence-electron chi connectivity index (χ4n) is 3.26. The van der Waals surface area contributed by atoms with E-state index in [1.807, 2.05) is 6.20 Å². The van der Waals surface area contributed by atoms with Crippen molar-refractivity contribution in [3.8, 4) is 0 Å². The van der Waals surface area contributed by atoms with Gasteiger partial charge in [0.25, 0.3) is 0 Å². The average molecular weight is 353 g/mol. The molecule has 0 saturated carbocycles. The summed E-state index contributed by atoms with van der Waals surface area (Å²) >= 11 is 2.84. The number of rotatable bonds is 4. The molecule has 2 N–H and O–H groups in total. The van der Waals surface area contributed by atoms with E-state index in [0.717, 1.165) is 18.8 Å². The van der Waals surface area contributed by atoms with Crippen molar-refractivity contribution in [1.82, 2.24) is 14.5 Å². The Hall–Kier alpha value is -1.45. The summed E-state index contributed by atoms with van der Waals surface area (Å²) in [4.78, 5) is 29.5. The highest BCUT2D eigenvalue weighted by Crippen LogP contribution is 2.57. The van der Waals surface area contributed by atoms with Crippen LogP contribution in [-0.2, 0) is 16.1 Å². The zero-order chi connectivity index (χ0) is 16.3. The second-order valence-corrected chi connectivity index (χ2v) is 8.40. The zero-order valence-electron chi connectivity index (χ0n) is 12.2. The first-order valence-electron chi connectivity index (χ1n) is 7.32. The molecule has 23 heavy (non-hydrogen) atoms. The van der Waals surface area contributed by atoms with Crippen LogP contribution in [0.3, 0.4) is 0 Å². The molecule has 1 aromatic rings. The van der Waals surface area contributed by atoms with E-state index in [4.69, 9.17) is 0 Å². The number of aliphatic hydroxyl groups excluding tert-OH is 1. The Morgan fingerprint density at radius 1 is 1.57 bits per heavy atom. The Kier molecular flexibility index (Phi) is 3.47. The van der Waals surface area contributed by atoms with Crippen LogP contribution in [0.1, 0.15) is 24.4 Å². The number of fused-ring (bicyclic) bond motifs is 2. The fraction of sp³-hybridized carbons (Fsp3) is 0.500. The molecule has 4 heterocycles. The van der Waals surface area contributed by atoms with Crippen molar-refractivity contribution in [3.05, 3.63) is 28.2 Å². The van der Waals surface area contributed by atoms with Crippen molar-refractivity contribution in [1.29, 1.82) is 0 Å². The van der Waals surface area contributed by atoms with Crippen LogP contribution in [0, 0.1) is 5.92 Å². The summed E-state index contributed by atoms with van der Waals surface area (Å²) in [6, 6.07) is 0. The number of aliphatic carboxylic acids is 1. The molecule has 122 valence electrons. The molecule has 1 saturated heterocycles. The number of carboxylic acid groups (broad SMARTS) is 1. The fourth-order valence-corrected chi connectivity index (χ4v) is 6.53. The summed E-state index contributed by atoms with van der Waals surface area (Å²) in [6.45, 7) is 2.44. The molecule has 0 aromatic carbocycles. The van der Waals surface area contributed by atoms with Crippen molar-refractivity contribution in [2.75, 3.05) is 0 Å². The molecule has 1 fully saturated rings. The van der Waals surface area contributed by atoms with E-state index < -0.39 is 18.0 Å². The maximum atomic E-state index is 12.2. The first kappa shape index (κ1) is 15.1. The molecule has 0 aliphatic carbocycles. The molecule has 1 aromatic heterocycles. The number of carboxylic acids is 1.